The molecule has 2 rings (SSSR count). The van der Waals surface area contributed by atoms with Crippen LogP contribution in [-0.4, -0.2) is 43.7 Å². The van der Waals surface area contributed by atoms with Crippen molar-refractivity contribution in [2.24, 2.45) is 0 Å². The van der Waals surface area contributed by atoms with Crippen LogP contribution >= 0.6 is 11.6 Å². The van der Waals surface area contributed by atoms with Crippen LogP contribution < -0.4 is 5.32 Å². The van der Waals surface area contributed by atoms with Crippen LogP contribution in [0.3, 0.4) is 0 Å². The van der Waals surface area contributed by atoms with Gasteiger partial charge in [0.15, 0.2) is 0 Å². The van der Waals surface area contributed by atoms with Crippen LogP contribution in [0.5, 0.6) is 0 Å². The third-order valence-corrected chi connectivity index (χ3v) is 4.04. The normalized spacial score (nSPS) is 18.8. The van der Waals surface area contributed by atoms with Crippen molar-refractivity contribution >= 4 is 17.5 Å². The highest BCUT2D eigenvalue weighted by atomic mass is 35.5. The fraction of sp³-hybridized carbons (Fsp3) is 0.562. The zero-order valence-corrected chi connectivity index (χ0v) is 13.2. The Bertz CT molecular complexity index is 467. The van der Waals surface area contributed by atoms with Gasteiger partial charge in [0.1, 0.15) is 6.61 Å². The minimum absolute atomic E-state index is 0.0188. The molecule has 0 bridgehead atoms. The van der Waals surface area contributed by atoms with Crippen LogP contribution in [0.1, 0.15) is 31.4 Å². The third-order valence-electron chi connectivity index (χ3n) is 3.70. The summed E-state index contributed by atoms with van der Waals surface area (Å²) in [7, 11) is 0. The SMILES string of the molecule is CCCCOCC(=O)N1CCNCC1c1ccccc1Cl. The summed E-state index contributed by atoms with van der Waals surface area (Å²) < 4.78 is 5.46. The van der Waals surface area contributed by atoms with Crippen LogP contribution in [0.2, 0.25) is 5.02 Å². The lowest BCUT2D eigenvalue weighted by atomic mass is 10.0. The Hall–Kier alpha value is -1.10. The summed E-state index contributed by atoms with van der Waals surface area (Å²) in [6.45, 7) is 5.12. The lowest BCUT2D eigenvalue weighted by Gasteiger charge is -2.37. The maximum absolute atomic E-state index is 12.4. The van der Waals surface area contributed by atoms with Crippen molar-refractivity contribution in [3.63, 3.8) is 0 Å². The number of hydrogen-bond donors (Lipinski definition) is 1. The Morgan fingerprint density at radius 2 is 2.29 bits per heavy atom. The first-order chi connectivity index (χ1) is 10.2. The predicted molar refractivity (Wildman–Crippen MR) is 84.5 cm³/mol. The van der Waals surface area contributed by atoms with Crippen LogP contribution in [0.25, 0.3) is 0 Å². The molecule has 1 aromatic carbocycles. The Kier molecular flexibility index (Phi) is 6.49. The number of carbonyl (C=O) groups is 1. The van der Waals surface area contributed by atoms with Gasteiger partial charge in [-0.25, -0.2) is 0 Å². The minimum atomic E-state index is -0.0188. The van der Waals surface area contributed by atoms with E-state index in [1.54, 1.807) is 0 Å². The number of hydrogen-bond acceptors (Lipinski definition) is 3. The molecule has 0 aliphatic carbocycles. The van der Waals surface area contributed by atoms with Gasteiger partial charge in [0.05, 0.1) is 6.04 Å². The standard InChI is InChI=1S/C16H23ClN2O2/c1-2-3-10-21-12-16(20)19-9-8-18-11-15(19)13-6-4-5-7-14(13)17/h4-7,15,18H,2-3,8-12H2,1H3. The molecule has 1 N–H and O–H groups in total. The predicted octanol–water partition coefficient (Wildman–Crippen LogP) is 2.63. The van der Waals surface area contributed by atoms with E-state index in [1.165, 1.54) is 0 Å². The van der Waals surface area contributed by atoms with Gasteiger partial charge in [-0.2, -0.15) is 0 Å². The second-order valence-electron chi connectivity index (χ2n) is 5.23. The number of rotatable bonds is 6. The molecule has 1 amide bonds. The Balaban J connectivity index is 2.02. The molecule has 1 unspecified atom stereocenters. The highest BCUT2D eigenvalue weighted by Crippen LogP contribution is 2.28. The van der Waals surface area contributed by atoms with E-state index in [2.05, 4.69) is 12.2 Å². The van der Waals surface area contributed by atoms with Crippen molar-refractivity contribution in [2.45, 2.75) is 25.8 Å². The Morgan fingerprint density at radius 3 is 3.05 bits per heavy atom. The highest BCUT2D eigenvalue weighted by molar-refractivity contribution is 6.31. The molecule has 1 heterocycles. The van der Waals surface area contributed by atoms with Crippen molar-refractivity contribution in [3.05, 3.63) is 34.9 Å². The summed E-state index contributed by atoms with van der Waals surface area (Å²) in [6.07, 6.45) is 2.06. The molecule has 1 aromatic rings. The van der Waals surface area contributed by atoms with Crippen LogP contribution in [-0.2, 0) is 9.53 Å². The van der Waals surface area contributed by atoms with Gasteiger partial charge in [0, 0.05) is 31.3 Å². The smallest absolute Gasteiger partial charge is 0.249 e. The average molecular weight is 311 g/mol. The molecule has 4 nitrogen and oxygen atoms in total. The van der Waals surface area contributed by atoms with E-state index in [9.17, 15) is 4.79 Å². The van der Waals surface area contributed by atoms with E-state index in [0.29, 0.717) is 18.2 Å². The van der Waals surface area contributed by atoms with Crippen LogP contribution in [0.15, 0.2) is 24.3 Å². The lowest BCUT2D eigenvalue weighted by Crippen LogP contribution is -2.49. The van der Waals surface area contributed by atoms with Crippen molar-refractivity contribution in [1.82, 2.24) is 10.2 Å². The average Bonchev–Trinajstić information content (AvgIpc) is 2.52. The Morgan fingerprint density at radius 1 is 1.48 bits per heavy atom. The second kappa shape index (κ2) is 8.37. The largest absolute Gasteiger partial charge is 0.372 e. The molecule has 1 atom stereocenters. The first-order valence-electron chi connectivity index (χ1n) is 7.56. The van der Waals surface area contributed by atoms with Crippen molar-refractivity contribution in [3.8, 4) is 0 Å². The van der Waals surface area contributed by atoms with E-state index >= 15 is 0 Å². The number of piperazine rings is 1. The Labute approximate surface area is 131 Å². The number of unbranched alkanes of at least 4 members (excludes halogenated alkanes) is 1. The van der Waals surface area contributed by atoms with E-state index in [0.717, 1.165) is 31.5 Å². The number of nitrogens with one attached hydrogen (secondary N) is 1. The summed E-state index contributed by atoms with van der Waals surface area (Å²) in [6, 6.07) is 7.69. The summed E-state index contributed by atoms with van der Waals surface area (Å²) in [5, 5.41) is 4.03. The number of benzene rings is 1. The molecule has 0 radical (unpaired) electrons. The molecule has 1 saturated heterocycles. The molecule has 116 valence electrons. The van der Waals surface area contributed by atoms with Gasteiger partial charge in [-0.15, -0.1) is 0 Å². The molecule has 5 heteroatoms. The first kappa shape index (κ1) is 16.3. The molecule has 21 heavy (non-hydrogen) atoms. The summed E-state index contributed by atoms with van der Waals surface area (Å²) >= 11 is 6.28. The van der Waals surface area contributed by atoms with E-state index in [-0.39, 0.29) is 18.6 Å². The maximum atomic E-state index is 12.4. The van der Waals surface area contributed by atoms with Gasteiger partial charge in [-0.05, 0) is 18.1 Å². The summed E-state index contributed by atoms with van der Waals surface area (Å²) in [4.78, 5) is 14.3. The number of ether oxygens (including phenoxy) is 1. The fourth-order valence-corrected chi connectivity index (χ4v) is 2.78. The number of nitrogens with zero attached hydrogens (tertiary/aromatic N) is 1. The molecular formula is C16H23ClN2O2. The highest BCUT2D eigenvalue weighted by Gasteiger charge is 2.28. The zero-order valence-electron chi connectivity index (χ0n) is 12.5. The number of halogens is 1. The van der Waals surface area contributed by atoms with Gasteiger partial charge in [0.2, 0.25) is 5.91 Å². The summed E-state index contributed by atoms with van der Waals surface area (Å²) in [5.41, 5.74) is 0.994. The van der Waals surface area contributed by atoms with Crippen molar-refractivity contribution in [1.29, 1.82) is 0 Å². The van der Waals surface area contributed by atoms with E-state index in [4.69, 9.17) is 16.3 Å². The van der Waals surface area contributed by atoms with Crippen molar-refractivity contribution in [2.75, 3.05) is 32.8 Å². The van der Waals surface area contributed by atoms with Gasteiger partial charge in [0.25, 0.3) is 0 Å². The van der Waals surface area contributed by atoms with Crippen LogP contribution in [0.4, 0.5) is 0 Å². The molecule has 0 aromatic heterocycles. The quantitative estimate of drug-likeness (QED) is 0.821. The van der Waals surface area contributed by atoms with Gasteiger partial charge >= 0.3 is 0 Å². The molecule has 0 saturated carbocycles. The zero-order chi connectivity index (χ0) is 15.1. The topological polar surface area (TPSA) is 41.6 Å². The molecule has 1 aliphatic heterocycles. The molecule has 1 fully saturated rings. The van der Waals surface area contributed by atoms with Crippen molar-refractivity contribution < 1.29 is 9.53 Å². The molecule has 1 aliphatic rings. The lowest BCUT2D eigenvalue weighted by molar-refractivity contribution is -0.139. The van der Waals surface area contributed by atoms with Gasteiger partial charge < -0.3 is 15.0 Å². The monoisotopic (exact) mass is 310 g/mol. The summed E-state index contributed by atoms with van der Waals surface area (Å²) in [5.74, 6) is 0.0394. The maximum Gasteiger partial charge on any atom is 0.249 e. The van der Waals surface area contributed by atoms with Gasteiger partial charge in [-0.1, -0.05) is 43.1 Å². The third kappa shape index (κ3) is 4.43. The van der Waals surface area contributed by atoms with E-state index < -0.39 is 0 Å². The number of amides is 1. The van der Waals surface area contributed by atoms with Gasteiger partial charge in [-0.3, -0.25) is 4.79 Å². The molecule has 0 spiro atoms. The first-order valence-corrected chi connectivity index (χ1v) is 7.94. The molecular weight excluding hydrogens is 288 g/mol. The minimum Gasteiger partial charge on any atom is -0.372 e. The second-order valence-corrected chi connectivity index (χ2v) is 5.64. The van der Waals surface area contributed by atoms with Crippen LogP contribution in [0, 0.1) is 0 Å². The van der Waals surface area contributed by atoms with E-state index in [1.807, 2.05) is 29.2 Å². The number of carbonyl (C=O) groups excluding carboxylic acids is 1. The fourth-order valence-electron chi connectivity index (χ4n) is 2.51.